The quantitative estimate of drug-likeness (QED) is 0.143. The highest BCUT2D eigenvalue weighted by Crippen LogP contribution is 2.36. The van der Waals surface area contributed by atoms with Crippen LogP contribution in [0.4, 0.5) is 0 Å². The van der Waals surface area contributed by atoms with Gasteiger partial charge in [0.15, 0.2) is 8.32 Å². The monoisotopic (exact) mass is 536 g/mol. The highest BCUT2D eigenvalue weighted by Gasteiger charge is 2.37. The van der Waals surface area contributed by atoms with E-state index in [2.05, 4.69) is 94.9 Å². The summed E-state index contributed by atoms with van der Waals surface area (Å²) in [6.45, 7) is 20.2. The van der Waals surface area contributed by atoms with E-state index in [0.29, 0.717) is 25.0 Å². The van der Waals surface area contributed by atoms with Crippen LogP contribution in [-0.2, 0) is 15.8 Å². The van der Waals surface area contributed by atoms with Crippen LogP contribution >= 0.6 is 15.9 Å². The number of rotatable bonds is 13. The molecule has 0 saturated heterocycles. The summed E-state index contributed by atoms with van der Waals surface area (Å²) in [5.74, 6) is 1.63. The number of ether oxygens (including phenoxy) is 2. The second-order valence-corrected chi connectivity index (χ2v) is 16.3. The van der Waals surface area contributed by atoms with Crippen molar-refractivity contribution in [2.75, 3.05) is 20.3 Å². The molecule has 0 aliphatic rings. The molecule has 0 aliphatic carbocycles. The number of hydrogen-bond donors (Lipinski definition) is 0. The Morgan fingerprint density at radius 2 is 1.70 bits per heavy atom. The second kappa shape index (κ2) is 14.3. The first-order chi connectivity index (χ1) is 15.3. The minimum Gasteiger partial charge on any atom is -0.497 e. The SMILES string of the molecule is COc1ccc(COC[C@@H](C)/C=C/C(Br)=C/C/C(C)=C\[C@@H](C)CO[Si](C)(C)C(C)(C)C)cc1. The minimum atomic E-state index is -1.68. The van der Waals surface area contributed by atoms with E-state index in [0.717, 1.165) is 28.8 Å². The van der Waals surface area contributed by atoms with E-state index in [-0.39, 0.29) is 5.04 Å². The van der Waals surface area contributed by atoms with Crippen molar-refractivity contribution in [3.8, 4) is 5.75 Å². The Labute approximate surface area is 212 Å². The molecule has 186 valence electrons. The van der Waals surface area contributed by atoms with E-state index in [1.54, 1.807) is 7.11 Å². The third-order valence-corrected chi connectivity index (χ3v) is 11.2. The van der Waals surface area contributed by atoms with Gasteiger partial charge in [-0.3, -0.25) is 0 Å². The first-order valence-electron chi connectivity index (χ1n) is 11.9. The van der Waals surface area contributed by atoms with Gasteiger partial charge in [-0.1, -0.05) is 92.6 Å². The lowest BCUT2D eigenvalue weighted by Gasteiger charge is -2.36. The summed E-state index contributed by atoms with van der Waals surface area (Å²) in [5, 5.41) is 0.253. The van der Waals surface area contributed by atoms with E-state index < -0.39 is 8.32 Å². The second-order valence-electron chi connectivity index (χ2n) is 10.6. The molecule has 5 heteroatoms. The number of methoxy groups -OCH3 is 1. The first kappa shape index (κ1) is 29.9. The fraction of sp³-hybridized carbons (Fsp3) is 0.571. The summed E-state index contributed by atoms with van der Waals surface area (Å²) in [5.41, 5.74) is 2.52. The highest BCUT2D eigenvalue weighted by atomic mass is 79.9. The van der Waals surface area contributed by atoms with Gasteiger partial charge in [0, 0.05) is 11.1 Å². The molecule has 0 heterocycles. The summed E-state index contributed by atoms with van der Waals surface area (Å²) in [4.78, 5) is 0. The highest BCUT2D eigenvalue weighted by molar-refractivity contribution is 9.11. The van der Waals surface area contributed by atoms with Gasteiger partial charge in [0.1, 0.15) is 5.75 Å². The molecule has 1 rings (SSSR count). The van der Waals surface area contributed by atoms with Crippen LogP contribution < -0.4 is 4.74 Å². The number of benzene rings is 1. The van der Waals surface area contributed by atoms with Gasteiger partial charge in [-0.15, -0.1) is 0 Å². The van der Waals surface area contributed by atoms with E-state index in [1.807, 2.05) is 24.3 Å². The lowest BCUT2D eigenvalue weighted by atomic mass is 10.1. The molecule has 33 heavy (non-hydrogen) atoms. The third-order valence-electron chi connectivity index (χ3n) is 6.09. The third kappa shape index (κ3) is 12.2. The first-order valence-corrected chi connectivity index (χ1v) is 15.6. The molecule has 0 aliphatic heterocycles. The molecule has 1 aromatic carbocycles. The maximum atomic E-state index is 6.36. The van der Waals surface area contributed by atoms with Gasteiger partial charge in [0.25, 0.3) is 0 Å². The minimum absolute atomic E-state index is 0.253. The molecule has 0 N–H and O–H groups in total. The number of hydrogen-bond acceptors (Lipinski definition) is 3. The van der Waals surface area contributed by atoms with E-state index in [9.17, 15) is 0 Å². The Bertz CT molecular complexity index is 788. The maximum Gasteiger partial charge on any atom is 0.192 e. The lowest BCUT2D eigenvalue weighted by molar-refractivity contribution is 0.104. The Morgan fingerprint density at radius 3 is 2.27 bits per heavy atom. The molecule has 0 bridgehead atoms. The molecule has 0 unspecified atom stereocenters. The predicted octanol–water partition coefficient (Wildman–Crippen LogP) is 8.68. The Kier molecular flexibility index (Phi) is 13.0. The molecule has 0 radical (unpaired) electrons. The van der Waals surface area contributed by atoms with Gasteiger partial charge >= 0.3 is 0 Å². The molecule has 0 saturated carbocycles. The van der Waals surface area contributed by atoms with Gasteiger partial charge in [0.05, 0.1) is 20.3 Å². The number of halogens is 1. The average molecular weight is 538 g/mol. The topological polar surface area (TPSA) is 27.7 Å². The van der Waals surface area contributed by atoms with Crippen molar-refractivity contribution in [3.05, 3.63) is 64.2 Å². The van der Waals surface area contributed by atoms with Crippen LogP contribution in [0.3, 0.4) is 0 Å². The van der Waals surface area contributed by atoms with E-state index in [1.165, 1.54) is 5.57 Å². The summed E-state index contributed by atoms with van der Waals surface area (Å²) in [7, 11) is -0.00618. The van der Waals surface area contributed by atoms with Crippen molar-refractivity contribution in [1.29, 1.82) is 0 Å². The smallest absolute Gasteiger partial charge is 0.192 e. The zero-order valence-corrected chi connectivity index (χ0v) is 24.8. The van der Waals surface area contributed by atoms with Gasteiger partial charge in [-0.2, -0.15) is 0 Å². The standard InChI is InChI=1S/C28H45BrO3Si/c1-22(18-24(3)20-32-33(8,9)28(4,5)6)10-14-26(29)15-11-23(2)19-31-21-25-12-16-27(30-7)17-13-25/h11-18,23-24H,10,19-21H2,1-9H3/b15-11+,22-18-,26-14-/t23-,24+/m0/s1. The van der Waals surface area contributed by atoms with Crippen molar-refractivity contribution < 1.29 is 13.9 Å². The number of allylic oxidation sites excluding steroid dienone is 4. The zero-order valence-electron chi connectivity index (χ0n) is 22.2. The van der Waals surface area contributed by atoms with Crippen molar-refractivity contribution in [2.24, 2.45) is 11.8 Å². The summed E-state index contributed by atoms with van der Waals surface area (Å²) in [6, 6.07) is 7.99. The van der Waals surface area contributed by atoms with Crippen LogP contribution in [0.5, 0.6) is 5.75 Å². The summed E-state index contributed by atoms with van der Waals surface area (Å²) in [6.07, 6.45) is 9.79. The Balaban J connectivity index is 2.40. The lowest BCUT2D eigenvalue weighted by Crippen LogP contribution is -2.41. The van der Waals surface area contributed by atoms with Crippen LogP contribution in [0.15, 0.2) is 58.6 Å². The van der Waals surface area contributed by atoms with Crippen molar-refractivity contribution >= 4 is 24.2 Å². The molecular weight excluding hydrogens is 492 g/mol. The molecule has 0 fully saturated rings. The van der Waals surface area contributed by atoms with Gasteiger partial charge in [-0.05, 0) is 61.0 Å². The van der Waals surface area contributed by atoms with Crippen LogP contribution in [0.1, 0.15) is 53.5 Å². The Hall–Kier alpha value is -1.14. The van der Waals surface area contributed by atoms with Gasteiger partial charge in [0.2, 0.25) is 0 Å². The van der Waals surface area contributed by atoms with Crippen LogP contribution in [0.25, 0.3) is 0 Å². The van der Waals surface area contributed by atoms with Crippen molar-refractivity contribution in [2.45, 2.75) is 72.7 Å². The largest absolute Gasteiger partial charge is 0.497 e. The molecular formula is C28H45BrO3Si. The van der Waals surface area contributed by atoms with Crippen molar-refractivity contribution in [1.82, 2.24) is 0 Å². The van der Waals surface area contributed by atoms with Gasteiger partial charge in [-0.25, -0.2) is 0 Å². The van der Waals surface area contributed by atoms with Gasteiger partial charge < -0.3 is 13.9 Å². The molecule has 0 spiro atoms. The molecule has 2 atom stereocenters. The van der Waals surface area contributed by atoms with E-state index in [4.69, 9.17) is 13.9 Å². The fourth-order valence-corrected chi connectivity index (χ4v) is 4.31. The summed E-state index contributed by atoms with van der Waals surface area (Å²) < 4.78 is 18.5. The van der Waals surface area contributed by atoms with Crippen LogP contribution in [0, 0.1) is 11.8 Å². The maximum absolute atomic E-state index is 6.36. The fourth-order valence-electron chi connectivity index (χ4n) is 2.88. The zero-order chi connectivity index (χ0) is 25.1. The van der Waals surface area contributed by atoms with Crippen molar-refractivity contribution in [3.63, 3.8) is 0 Å². The molecule has 0 amide bonds. The van der Waals surface area contributed by atoms with E-state index >= 15 is 0 Å². The normalized spacial score (nSPS) is 15.7. The molecule has 0 aromatic heterocycles. The molecule has 3 nitrogen and oxygen atoms in total. The average Bonchev–Trinajstić information content (AvgIpc) is 2.74. The van der Waals surface area contributed by atoms with Crippen LogP contribution in [0.2, 0.25) is 18.1 Å². The van der Waals surface area contributed by atoms with Crippen LogP contribution in [-0.4, -0.2) is 28.6 Å². The summed E-state index contributed by atoms with van der Waals surface area (Å²) >= 11 is 3.67. The molecule has 1 aromatic rings. The predicted molar refractivity (Wildman–Crippen MR) is 149 cm³/mol. The Morgan fingerprint density at radius 1 is 1.06 bits per heavy atom.